The number of carbonyl (C=O) groups is 1. The lowest BCUT2D eigenvalue weighted by Gasteiger charge is -2.11. The topological polar surface area (TPSA) is 30.0 Å². The number of hydrogen-bond acceptors (Lipinski definition) is 3. The Morgan fingerprint density at radius 2 is 2.06 bits per heavy atom. The van der Waals surface area contributed by atoms with E-state index in [1.54, 1.807) is 0 Å². The summed E-state index contributed by atoms with van der Waals surface area (Å²) in [5.41, 5.74) is -0.668. The van der Waals surface area contributed by atoms with Crippen molar-refractivity contribution in [3.8, 4) is 10.6 Å². The van der Waals surface area contributed by atoms with Gasteiger partial charge >= 0.3 is 6.18 Å². The number of halogens is 4. The van der Waals surface area contributed by atoms with Gasteiger partial charge in [-0.3, -0.25) is 4.79 Å². The van der Waals surface area contributed by atoms with Crippen molar-refractivity contribution < 1.29 is 18.0 Å². The predicted octanol–water partition coefficient (Wildman–Crippen LogP) is 4.40. The average molecular weight is 336 g/mol. The number of thiazole rings is 1. The van der Waals surface area contributed by atoms with E-state index in [0.717, 1.165) is 17.4 Å². The van der Waals surface area contributed by atoms with Gasteiger partial charge in [0.2, 0.25) is 0 Å². The van der Waals surface area contributed by atoms with E-state index < -0.39 is 11.7 Å². The highest BCUT2D eigenvalue weighted by Gasteiger charge is 2.34. The molecule has 18 heavy (non-hydrogen) atoms. The molecule has 0 fully saturated rings. The summed E-state index contributed by atoms with van der Waals surface area (Å²) in [5, 5.41) is 1.60. The van der Waals surface area contributed by atoms with Gasteiger partial charge in [0, 0.05) is 15.4 Å². The van der Waals surface area contributed by atoms with Gasteiger partial charge in [-0.1, -0.05) is 22.0 Å². The zero-order chi connectivity index (χ0) is 13.3. The molecule has 2 rings (SSSR count). The molecule has 0 radical (unpaired) electrons. The van der Waals surface area contributed by atoms with Crippen molar-refractivity contribution >= 4 is 33.6 Å². The van der Waals surface area contributed by atoms with Crippen molar-refractivity contribution in [1.29, 1.82) is 0 Å². The van der Waals surface area contributed by atoms with Crippen LogP contribution < -0.4 is 0 Å². The first-order valence-corrected chi connectivity index (χ1v) is 6.37. The maximum atomic E-state index is 12.9. The van der Waals surface area contributed by atoms with Crippen molar-refractivity contribution in [2.24, 2.45) is 0 Å². The molecule has 0 spiro atoms. The van der Waals surface area contributed by atoms with E-state index in [1.807, 2.05) is 0 Å². The largest absolute Gasteiger partial charge is 0.417 e. The Morgan fingerprint density at radius 3 is 2.61 bits per heavy atom. The summed E-state index contributed by atoms with van der Waals surface area (Å²) in [6, 6.07) is 3.84. The van der Waals surface area contributed by atoms with E-state index in [9.17, 15) is 18.0 Å². The molecule has 0 unspecified atom stereocenters. The smallest absolute Gasteiger partial charge is 0.296 e. The molecule has 1 aromatic carbocycles. The minimum absolute atomic E-state index is 0.0243. The molecule has 0 saturated carbocycles. The summed E-state index contributed by atoms with van der Waals surface area (Å²) in [6.45, 7) is 0. The lowest BCUT2D eigenvalue weighted by atomic mass is 10.1. The summed E-state index contributed by atoms with van der Waals surface area (Å²) in [5.74, 6) is 0. The summed E-state index contributed by atoms with van der Waals surface area (Å²) in [7, 11) is 0. The van der Waals surface area contributed by atoms with Crippen LogP contribution in [0.15, 0.2) is 28.1 Å². The molecular weight excluding hydrogens is 331 g/mol. The first kappa shape index (κ1) is 13.2. The number of nitrogens with zero attached hydrogens (tertiary/aromatic N) is 1. The maximum absolute atomic E-state index is 12.9. The average Bonchev–Trinajstić information content (AvgIpc) is 2.76. The second kappa shape index (κ2) is 4.81. The Morgan fingerprint density at radius 1 is 1.33 bits per heavy atom. The Bertz CT molecular complexity index is 594. The van der Waals surface area contributed by atoms with Crippen LogP contribution in [0.25, 0.3) is 10.6 Å². The van der Waals surface area contributed by atoms with Crippen LogP contribution in [0.3, 0.4) is 0 Å². The van der Waals surface area contributed by atoms with Crippen LogP contribution >= 0.6 is 27.3 Å². The van der Waals surface area contributed by atoms with Gasteiger partial charge in [0.05, 0.1) is 5.56 Å². The summed E-state index contributed by atoms with van der Waals surface area (Å²) >= 11 is 4.01. The molecule has 7 heteroatoms. The van der Waals surface area contributed by atoms with Crippen molar-refractivity contribution in [1.82, 2.24) is 4.98 Å². The number of benzene rings is 1. The minimum Gasteiger partial charge on any atom is -0.296 e. The third kappa shape index (κ3) is 2.62. The predicted molar refractivity (Wildman–Crippen MR) is 65.6 cm³/mol. The molecular formula is C11H5BrF3NOS. The molecule has 0 bridgehead atoms. The molecule has 1 heterocycles. The second-order valence-corrected chi connectivity index (χ2v) is 5.16. The fourth-order valence-corrected chi connectivity index (χ4v) is 2.57. The summed E-state index contributed by atoms with van der Waals surface area (Å²) < 4.78 is 39.0. The lowest BCUT2D eigenvalue weighted by Crippen LogP contribution is -2.07. The standard InChI is InChI=1S/C11H5BrF3NOS/c12-6-1-2-8(9(3-6)11(13,14)15)10-16-7(4-17)5-18-10/h1-5H. The van der Waals surface area contributed by atoms with Crippen molar-refractivity contribution in [2.75, 3.05) is 0 Å². The van der Waals surface area contributed by atoms with Crippen LogP contribution in [0.4, 0.5) is 13.2 Å². The zero-order valence-corrected chi connectivity index (χ0v) is 11.1. The molecule has 0 N–H and O–H groups in total. The van der Waals surface area contributed by atoms with Gasteiger partial charge in [0.25, 0.3) is 0 Å². The van der Waals surface area contributed by atoms with E-state index in [-0.39, 0.29) is 16.3 Å². The van der Waals surface area contributed by atoms with E-state index >= 15 is 0 Å². The van der Waals surface area contributed by atoms with Crippen LogP contribution in [0.1, 0.15) is 16.1 Å². The number of aromatic nitrogens is 1. The molecule has 1 aromatic heterocycles. The molecule has 0 aliphatic heterocycles. The fraction of sp³-hybridized carbons (Fsp3) is 0.0909. The minimum atomic E-state index is -4.47. The van der Waals surface area contributed by atoms with Crippen molar-refractivity contribution in [2.45, 2.75) is 6.18 Å². The highest BCUT2D eigenvalue weighted by atomic mass is 79.9. The number of aldehydes is 1. The molecule has 94 valence electrons. The van der Waals surface area contributed by atoms with Gasteiger partial charge in [-0.15, -0.1) is 11.3 Å². The van der Waals surface area contributed by atoms with Crippen LogP contribution in [0, 0.1) is 0 Å². The van der Waals surface area contributed by atoms with Gasteiger partial charge in [-0.25, -0.2) is 4.98 Å². The Labute approximate surface area is 113 Å². The molecule has 0 amide bonds. The van der Waals surface area contributed by atoms with Gasteiger partial charge in [-0.2, -0.15) is 13.2 Å². The Kier molecular flexibility index (Phi) is 3.54. The monoisotopic (exact) mass is 335 g/mol. The SMILES string of the molecule is O=Cc1csc(-c2ccc(Br)cc2C(F)(F)F)n1. The number of carbonyl (C=O) groups excluding carboxylic acids is 1. The quantitative estimate of drug-likeness (QED) is 0.761. The molecule has 0 aliphatic carbocycles. The van der Waals surface area contributed by atoms with Crippen LogP contribution in [0.2, 0.25) is 0 Å². The number of rotatable bonds is 2. The molecule has 0 saturated heterocycles. The maximum Gasteiger partial charge on any atom is 0.417 e. The zero-order valence-electron chi connectivity index (χ0n) is 8.66. The summed E-state index contributed by atoms with van der Waals surface area (Å²) in [4.78, 5) is 14.3. The van der Waals surface area contributed by atoms with Gasteiger partial charge < -0.3 is 0 Å². The summed E-state index contributed by atoms with van der Waals surface area (Å²) in [6.07, 6.45) is -3.96. The van der Waals surface area contributed by atoms with Crippen LogP contribution in [0.5, 0.6) is 0 Å². The van der Waals surface area contributed by atoms with E-state index in [4.69, 9.17) is 0 Å². The van der Waals surface area contributed by atoms with E-state index in [0.29, 0.717) is 10.8 Å². The first-order valence-electron chi connectivity index (χ1n) is 4.69. The molecule has 2 nitrogen and oxygen atoms in total. The number of hydrogen-bond donors (Lipinski definition) is 0. The van der Waals surface area contributed by atoms with Gasteiger partial charge in [0.1, 0.15) is 10.7 Å². The van der Waals surface area contributed by atoms with Gasteiger partial charge in [0.15, 0.2) is 6.29 Å². The Balaban J connectivity index is 2.60. The third-order valence-electron chi connectivity index (χ3n) is 2.16. The molecule has 0 atom stereocenters. The number of alkyl halides is 3. The van der Waals surface area contributed by atoms with Gasteiger partial charge in [-0.05, 0) is 12.1 Å². The Hall–Kier alpha value is -1.21. The van der Waals surface area contributed by atoms with Crippen molar-refractivity contribution in [3.63, 3.8) is 0 Å². The van der Waals surface area contributed by atoms with Crippen molar-refractivity contribution in [3.05, 3.63) is 39.3 Å². The second-order valence-electron chi connectivity index (χ2n) is 3.38. The van der Waals surface area contributed by atoms with E-state index in [2.05, 4.69) is 20.9 Å². The first-order chi connectivity index (χ1) is 8.41. The van der Waals surface area contributed by atoms with Crippen LogP contribution in [-0.4, -0.2) is 11.3 Å². The van der Waals surface area contributed by atoms with E-state index in [1.165, 1.54) is 17.5 Å². The lowest BCUT2D eigenvalue weighted by molar-refractivity contribution is -0.137. The fourth-order valence-electron chi connectivity index (χ4n) is 1.40. The third-order valence-corrected chi connectivity index (χ3v) is 3.55. The van der Waals surface area contributed by atoms with Crippen LogP contribution in [-0.2, 0) is 6.18 Å². The normalized spacial score (nSPS) is 11.6. The highest BCUT2D eigenvalue weighted by molar-refractivity contribution is 9.10. The molecule has 0 aliphatic rings. The highest BCUT2D eigenvalue weighted by Crippen LogP contribution is 2.39. The molecule has 2 aromatic rings.